The number of carbonyl (C=O) groups is 2. The largest absolute Gasteiger partial charge is 0.497 e. The fraction of sp³-hybridized carbons (Fsp3) is 0.333. The maximum atomic E-state index is 13.5. The van der Waals surface area contributed by atoms with Crippen LogP contribution in [-0.2, 0) is 4.79 Å². The summed E-state index contributed by atoms with van der Waals surface area (Å²) >= 11 is 0. The number of aromatic nitrogens is 3. The second-order valence-electron chi connectivity index (χ2n) is 9.18. The van der Waals surface area contributed by atoms with E-state index in [9.17, 15) is 9.59 Å². The number of ketones is 1. The van der Waals surface area contributed by atoms with Gasteiger partial charge in [0.15, 0.2) is 11.4 Å². The lowest BCUT2D eigenvalue weighted by molar-refractivity contribution is -0.115. The minimum atomic E-state index is -0.236. The van der Waals surface area contributed by atoms with Crippen molar-refractivity contribution in [2.45, 2.75) is 46.1 Å². The first-order valence-electron chi connectivity index (χ1n) is 11.6. The number of carbonyl (C=O) groups excluding carboxylic acids is 2. The summed E-state index contributed by atoms with van der Waals surface area (Å²) in [5.74, 6) is 0.584. The van der Waals surface area contributed by atoms with Crippen molar-refractivity contribution in [3.63, 3.8) is 0 Å². The zero-order valence-electron chi connectivity index (χ0n) is 19.9. The molecule has 1 fully saturated rings. The minimum Gasteiger partial charge on any atom is -0.497 e. The fourth-order valence-electron chi connectivity index (χ4n) is 4.56. The number of hydrogen-bond acceptors (Lipinski definition) is 5. The Labute approximate surface area is 198 Å². The third-order valence-corrected chi connectivity index (χ3v) is 6.50. The van der Waals surface area contributed by atoms with Crippen LogP contribution in [0.5, 0.6) is 5.75 Å². The van der Waals surface area contributed by atoms with E-state index in [-0.39, 0.29) is 18.2 Å². The topological polar surface area (TPSA) is 86.1 Å². The summed E-state index contributed by atoms with van der Waals surface area (Å²) in [6.45, 7) is 5.98. The Balaban J connectivity index is 1.55. The smallest absolute Gasteiger partial charge is 0.252 e. The third-order valence-electron chi connectivity index (χ3n) is 6.50. The number of nitrogens with one attached hydrogen (secondary N) is 1. The number of ether oxygens (including phenoxy) is 1. The van der Waals surface area contributed by atoms with Crippen LogP contribution in [0.15, 0.2) is 53.1 Å². The number of fused-ring (bicyclic) bond motifs is 1. The number of aryl methyl sites for hydroxylation is 1. The third kappa shape index (κ3) is 4.02. The second kappa shape index (κ2) is 8.56. The summed E-state index contributed by atoms with van der Waals surface area (Å²) in [7, 11) is 1.63. The van der Waals surface area contributed by atoms with Crippen molar-refractivity contribution < 1.29 is 14.3 Å². The average Bonchev–Trinajstić information content (AvgIpc) is 3.61. The summed E-state index contributed by atoms with van der Waals surface area (Å²) in [4.78, 5) is 30.9. The molecule has 7 nitrogen and oxygen atoms in total. The predicted molar refractivity (Wildman–Crippen MR) is 131 cm³/mol. The SMILES string of the molecule is COc1ccc(-c2cc(C(=O)NCC3=C(C)C=C(C)CC3=O)c3c(C)nn(C4CC4)c3n2)cc1. The van der Waals surface area contributed by atoms with Gasteiger partial charge in [0.1, 0.15) is 5.75 Å². The Morgan fingerprint density at radius 3 is 2.56 bits per heavy atom. The number of nitrogens with zero attached hydrogens (tertiary/aromatic N) is 3. The van der Waals surface area contributed by atoms with Crippen molar-refractivity contribution in [2.75, 3.05) is 13.7 Å². The molecule has 1 aromatic carbocycles. The maximum Gasteiger partial charge on any atom is 0.252 e. The van der Waals surface area contributed by atoms with E-state index in [1.807, 2.05) is 61.9 Å². The van der Waals surface area contributed by atoms with E-state index in [0.717, 1.165) is 52.0 Å². The number of allylic oxidation sites excluding steroid dienone is 3. The lowest BCUT2D eigenvalue weighted by Gasteiger charge is -2.16. The maximum absolute atomic E-state index is 13.5. The van der Waals surface area contributed by atoms with Crippen molar-refractivity contribution in [3.05, 3.63) is 64.4 Å². The molecule has 0 bridgehead atoms. The van der Waals surface area contributed by atoms with Crippen LogP contribution >= 0.6 is 0 Å². The quantitative estimate of drug-likeness (QED) is 0.580. The first kappa shape index (κ1) is 22.1. The van der Waals surface area contributed by atoms with E-state index in [4.69, 9.17) is 14.8 Å². The number of Topliss-reactive ketones (excluding diaryl/α,β-unsaturated/α-hetero) is 1. The lowest BCUT2D eigenvalue weighted by Crippen LogP contribution is -2.29. The molecule has 0 spiro atoms. The summed E-state index contributed by atoms with van der Waals surface area (Å²) in [6.07, 6.45) is 4.54. The minimum absolute atomic E-state index is 0.0642. The number of hydrogen-bond donors (Lipinski definition) is 1. The molecule has 34 heavy (non-hydrogen) atoms. The van der Waals surface area contributed by atoms with Gasteiger partial charge in [0.25, 0.3) is 5.91 Å². The van der Waals surface area contributed by atoms with Gasteiger partial charge in [-0.1, -0.05) is 11.6 Å². The van der Waals surface area contributed by atoms with Gasteiger partial charge in [-0.25, -0.2) is 9.67 Å². The van der Waals surface area contributed by atoms with E-state index >= 15 is 0 Å². The molecule has 174 valence electrons. The number of rotatable bonds is 6. The monoisotopic (exact) mass is 456 g/mol. The number of pyridine rings is 1. The van der Waals surface area contributed by atoms with E-state index in [1.165, 1.54) is 0 Å². The summed E-state index contributed by atoms with van der Waals surface area (Å²) in [5, 5.41) is 8.47. The van der Waals surface area contributed by atoms with Gasteiger partial charge in [-0.05, 0) is 69.5 Å². The number of benzene rings is 1. The first-order chi connectivity index (χ1) is 16.4. The van der Waals surface area contributed by atoms with Gasteiger partial charge in [-0.15, -0.1) is 0 Å². The van der Waals surface area contributed by atoms with Gasteiger partial charge in [0, 0.05) is 24.1 Å². The molecule has 1 N–H and O–H groups in total. The molecular formula is C27H28N4O3. The van der Waals surface area contributed by atoms with Crippen LogP contribution in [0.4, 0.5) is 0 Å². The molecule has 2 heterocycles. The Morgan fingerprint density at radius 1 is 1.18 bits per heavy atom. The zero-order valence-corrected chi connectivity index (χ0v) is 19.9. The van der Waals surface area contributed by atoms with E-state index < -0.39 is 0 Å². The summed E-state index contributed by atoms with van der Waals surface area (Å²) in [6, 6.07) is 9.77. The number of methoxy groups -OCH3 is 1. The van der Waals surface area contributed by atoms with Crippen LogP contribution in [0.1, 0.15) is 55.2 Å². The van der Waals surface area contributed by atoms with Gasteiger partial charge in [0.2, 0.25) is 0 Å². The number of amides is 1. The second-order valence-corrected chi connectivity index (χ2v) is 9.18. The molecule has 2 aliphatic rings. The Morgan fingerprint density at radius 2 is 1.91 bits per heavy atom. The molecule has 7 heteroatoms. The molecule has 0 saturated heterocycles. The van der Waals surface area contributed by atoms with Gasteiger partial charge < -0.3 is 10.1 Å². The van der Waals surface area contributed by atoms with Gasteiger partial charge in [0.05, 0.1) is 35.5 Å². The molecule has 0 atom stereocenters. The van der Waals surface area contributed by atoms with Crippen LogP contribution < -0.4 is 10.1 Å². The van der Waals surface area contributed by atoms with Gasteiger partial charge >= 0.3 is 0 Å². The molecule has 2 aliphatic carbocycles. The van der Waals surface area contributed by atoms with Gasteiger partial charge in [-0.3, -0.25) is 9.59 Å². The first-order valence-corrected chi connectivity index (χ1v) is 11.6. The molecule has 0 aliphatic heterocycles. The zero-order chi connectivity index (χ0) is 24.0. The van der Waals surface area contributed by atoms with Crippen molar-refractivity contribution in [1.29, 1.82) is 0 Å². The van der Waals surface area contributed by atoms with Crippen molar-refractivity contribution >= 4 is 22.7 Å². The molecule has 1 amide bonds. The Bertz CT molecular complexity index is 1380. The average molecular weight is 457 g/mol. The standard InChI is InChI=1S/C27H28N4O3/c1-15-11-16(2)22(24(32)12-15)14-28-27(33)21-13-23(18-5-9-20(34-4)10-6-18)29-26-25(21)17(3)30-31(26)19-7-8-19/h5-6,9-11,13,19H,7-8,12,14H2,1-4H3,(H,28,33). The Kier molecular flexibility index (Phi) is 5.55. The van der Waals surface area contributed by atoms with Crippen LogP contribution in [-0.4, -0.2) is 40.1 Å². The molecule has 1 saturated carbocycles. The predicted octanol–water partition coefficient (Wildman–Crippen LogP) is 4.72. The molecule has 0 radical (unpaired) electrons. The highest BCUT2D eigenvalue weighted by Crippen LogP contribution is 2.38. The molecule has 0 unspecified atom stereocenters. The van der Waals surface area contributed by atoms with Crippen molar-refractivity contribution in [1.82, 2.24) is 20.1 Å². The van der Waals surface area contributed by atoms with Crippen LogP contribution in [0.3, 0.4) is 0 Å². The van der Waals surface area contributed by atoms with E-state index in [2.05, 4.69) is 5.32 Å². The van der Waals surface area contributed by atoms with Crippen molar-refractivity contribution in [2.24, 2.45) is 0 Å². The summed E-state index contributed by atoms with van der Waals surface area (Å²) < 4.78 is 7.24. The highest BCUT2D eigenvalue weighted by molar-refractivity contribution is 6.08. The van der Waals surface area contributed by atoms with Gasteiger partial charge in [-0.2, -0.15) is 5.10 Å². The molecule has 3 aromatic rings. The van der Waals surface area contributed by atoms with Crippen molar-refractivity contribution in [3.8, 4) is 17.0 Å². The summed E-state index contributed by atoms with van der Waals surface area (Å²) in [5.41, 5.74) is 6.22. The molecule has 2 aromatic heterocycles. The van der Waals surface area contributed by atoms with Crippen LogP contribution in [0.2, 0.25) is 0 Å². The molecule has 5 rings (SSSR count). The van der Waals surface area contributed by atoms with Crippen LogP contribution in [0.25, 0.3) is 22.3 Å². The normalized spacial score (nSPS) is 16.1. The highest BCUT2D eigenvalue weighted by atomic mass is 16.5. The molecular weight excluding hydrogens is 428 g/mol. The lowest BCUT2D eigenvalue weighted by atomic mass is 9.92. The van der Waals surface area contributed by atoms with Crippen LogP contribution in [0, 0.1) is 6.92 Å². The van der Waals surface area contributed by atoms with E-state index in [1.54, 1.807) is 7.11 Å². The highest BCUT2D eigenvalue weighted by Gasteiger charge is 2.30. The Hall–Kier alpha value is -3.74. The van der Waals surface area contributed by atoms with E-state index in [0.29, 0.717) is 29.3 Å². The fourth-order valence-corrected chi connectivity index (χ4v) is 4.56.